The maximum Gasteiger partial charge on any atom is 0.332 e. The van der Waals surface area contributed by atoms with Gasteiger partial charge in [-0.3, -0.25) is 0 Å². The number of hydrogen-bond donors (Lipinski definition) is 1. The van der Waals surface area contributed by atoms with Crippen LogP contribution in [0.15, 0.2) is 11.8 Å². The molecule has 0 bridgehead atoms. The minimum absolute atomic E-state index is 0.0900. The lowest BCUT2D eigenvalue weighted by molar-refractivity contribution is -0.137. The first kappa shape index (κ1) is 10.1. The summed E-state index contributed by atoms with van der Waals surface area (Å²) >= 11 is 0. The van der Waals surface area contributed by atoms with Gasteiger partial charge >= 0.3 is 5.97 Å². The quantitative estimate of drug-likeness (QED) is 0.520. The second-order valence-corrected chi connectivity index (χ2v) is 3.87. The number of allylic oxidation sites excluding steroid dienone is 1. The summed E-state index contributed by atoms with van der Waals surface area (Å²) in [5.41, 5.74) is 1.08. The molecule has 1 heterocycles. The van der Waals surface area contributed by atoms with Gasteiger partial charge in [0.1, 0.15) is 0 Å². The normalized spacial score (nSPS) is 22.8. The summed E-state index contributed by atoms with van der Waals surface area (Å²) in [6.07, 6.45) is 2.63. The summed E-state index contributed by atoms with van der Waals surface area (Å²) in [5, 5.41) is 3.20. The van der Waals surface area contributed by atoms with E-state index in [0.717, 1.165) is 18.7 Å². The minimum Gasteiger partial charge on any atom is -0.463 e. The van der Waals surface area contributed by atoms with Gasteiger partial charge in [-0.05, 0) is 13.3 Å². The zero-order valence-electron chi connectivity index (χ0n) is 8.52. The molecule has 0 amide bonds. The van der Waals surface area contributed by atoms with Gasteiger partial charge in [0, 0.05) is 23.7 Å². The summed E-state index contributed by atoms with van der Waals surface area (Å²) in [6.45, 7) is 7.43. The molecule has 1 fully saturated rings. The third kappa shape index (κ3) is 2.47. The van der Waals surface area contributed by atoms with Crippen LogP contribution in [0.2, 0.25) is 0 Å². The summed E-state index contributed by atoms with van der Waals surface area (Å²) in [4.78, 5) is 11.1. The van der Waals surface area contributed by atoms with Crippen LogP contribution in [0.5, 0.6) is 0 Å². The van der Waals surface area contributed by atoms with Gasteiger partial charge < -0.3 is 10.1 Å². The third-order valence-electron chi connectivity index (χ3n) is 2.34. The smallest absolute Gasteiger partial charge is 0.332 e. The molecule has 1 N–H and O–H groups in total. The number of carbonyl (C=O) groups excluding carboxylic acids is 1. The van der Waals surface area contributed by atoms with E-state index in [-0.39, 0.29) is 11.4 Å². The van der Waals surface area contributed by atoms with E-state index in [0.29, 0.717) is 6.61 Å². The molecule has 0 aliphatic carbocycles. The first-order chi connectivity index (χ1) is 6.06. The van der Waals surface area contributed by atoms with Gasteiger partial charge in [0.2, 0.25) is 0 Å². The van der Waals surface area contributed by atoms with Crippen LogP contribution in [-0.2, 0) is 9.53 Å². The van der Waals surface area contributed by atoms with E-state index in [9.17, 15) is 4.79 Å². The summed E-state index contributed by atoms with van der Waals surface area (Å²) in [6, 6.07) is 0. The second kappa shape index (κ2) is 3.81. The van der Waals surface area contributed by atoms with Crippen LogP contribution in [0.4, 0.5) is 0 Å². The zero-order chi connectivity index (χ0) is 9.90. The number of carbonyl (C=O) groups is 1. The van der Waals surface area contributed by atoms with Crippen LogP contribution in [-0.4, -0.2) is 19.1 Å². The van der Waals surface area contributed by atoms with Crippen molar-refractivity contribution in [3.8, 4) is 0 Å². The minimum atomic E-state index is -0.250. The molecule has 3 nitrogen and oxygen atoms in total. The van der Waals surface area contributed by atoms with E-state index < -0.39 is 0 Å². The number of esters is 1. The lowest BCUT2D eigenvalue weighted by Crippen LogP contribution is -2.16. The van der Waals surface area contributed by atoms with Gasteiger partial charge in [-0.2, -0.15) is 0 Å². The molecule has 1 aliphatic rings. The Morgan fingerprint density at radius 3 is 2.85 bits per heavy atom. The Labute approximate surface area is 79.2 Å². The fourth-order valence-electron chi connectivity index (χ4n) is 1.43. The van der Waals surface area contributed by atoms with Crippen molar-refractivity contribution in [2.75, 3.05) is 13.2 Å². The summed E-state index contributed by atoms with van der Waals surface area (Å²) < 4.78 is 4.84. The van der Waals surface area contributed by atoms with E-state index >= 15 is 0 Å². The highest BCUT2D eigenvalue weighted by Crippen LogP contribution is 2.32. The second-order valence-electron chi connectivity index (χ2n) is 3.87. The highest BCUT2D eigenvalue weighted by atomic mass is 16.5. The molecule has 0 saturated carbocycles. The molecule has 1 aliphatic heterocycles. The van der Waals surface area contributed by atoms with Crippen molar-refractivity contribution < 1.29 is 9.53 Å². The fourth-order valence-corrected chi connectivity index (χ4v) is 1.43. The van der Waals surface area contributed by atoms with E-state index in [1.54, 1.807) is 6.08 Å². The Bertz CT molecular complexity index is 231. The molecule has 0 aromatic rings. The van der Waals surface area contributed by atoms with E-state index in [4.69, 9.17) is 4.74 Å². The molecule has 0 aromatic carbocycles. The number of ether oxygens (including phenoxy) is 1. The van der Waals surface area contributed by atoms with Crippen LogP contribution >= 0.6 is 0 Å². The highest BCUT2D eigenvalue weighted by Gasteiger charge is 2.29. The first-order valence-electron chi connectivity index (χ1n) is 4.69. The molecule has 74 valence electrons. The van der Waals surface area contributed by atoms with E-state index in [2.05, 4.69) is 19.2 Å². The van der Waals surface area contributed by atoms with Crippen molar-refractivity contribution in [1.29, 1.82) is 0 Å². The Morgan fingerprint density at radius 2 is 2.38 bits per heavy atom. The van der Waals surface area contributed by atoms with Crippen molar-refractivity contribution in [3.05, 3.63) is 11.8 Å². The monoisotopic (exact) mass is 183 g/mol. The van der Waals surface area contributed by atoms with Crippen molar-refractivity contribution in [3.63, 3.8) is 0 Å². The van der Waals surface area contributed by atoms with Crippen LogP contribution in [0.1, 0.15) is 27.2 Å². The molecule has 0 unspecified atom stereocenters. The van der Waals surface area contributed by atoms with Gasteiger partial charge in [-0.1, -0.05) is 13.8 Å². The summed E-state index contributed by atoms with van der Waals surface area (Å²) in [5.74, 6) is -0.250. The Morgan fingerprint density at radius 1 is 1.69 bits per heavy atom. The Kier molecular flexibility index (Phi) is 2.96. The maximum atomic E-state index is 11.1. The van der Waals surface area contributed by atoms with Crippen LogP contribution < -0.4 is 5.32 Å². The van der Waals surface area contributed by atoms with Gasteiger partial charge in [-0.15, -0.1) is 0 Å². The van der Waals surface area contributed by atoms with E-state index in [1.165, 1.54) is 0 Å². The maximum absolute atomic E-state index is 11.1. The fraction of sp³-hybridized carbons (Fsp3) is 0.700. The molecule has 0 atom stereocenters. The molecule has 0 radical (unpaired) electrons. The van der Waals surface area contributed by atoms with Crippen molar-refractivity contribution in [2.24, 2.45) is 5.41 Å². The zero-order valence-corrected chi connectivity index (χ0v) is 8.52. The predicted octanol–water partition coefficient (Wildman–Crippen LogP) is 1.45. The standard InChI is InChI=1S/C10H17NO2/c1-4-13-9(12)7-8-10(2,3)5-6-11-8/h7,11H,4-6H2,1-3H3/b8-7-. The van der Waals surface area contributed by atoms with Crippen LogP contribution in [0, 0.1) is 5.41 Å². The van der Waals surface area contributed by atoms with Gasteiger partial charge in [0.25, 0.3) is 0 Å². The van der Waals surface area contributed by atoms with Crippen molar-refractivity contribution in [2.45, 2.75) is 27.2 Å². The lowest BCUT2D eigenvalue weighted by atomic mass is 9.89. The average Bonchev–Trinajstić information content (AvgIpc) is 2.31. The SMILES string of the molecule is CCOC(=O)/C=C1\NCCC1(C)C. The van der Waals surface area contributed by atoms with Gasteiger partial charge in [-0.25, -0.2) is 4.79 Å². The van der Waals surface area contributed by atoms with Gasteiger partial charge in [0.15, 0.2) is 0 Å². The molecule has 13 heavy (non-hydrogen) atoms. The average molecular weight is 183 g/mol. The molecule has 1 saturated heterocycles. The summed E-state index contributed by atoms with van der Waals surface area (Å²) in [7, 11) is 0. The Balaban J connectivity index is 2.65. The van der Waals surface area contributed by atoms with Crippen LogP contribution in [0.25, 0.3) is 0 Å². The third-order valence-corrected chi connectivity index (χ3v) is 2.34. The Hall–Kier alpha value is -0.990. The van der Waals surface area contributed by atoms with Gasteiger partial charge in [0.05, 0.1) is 6.61 Å². The predicted molar refractivity (Wildman–Crippen MR) is 51.1 cm³/mol. The topological polar surface area (TPSA) is 38.3 Å². The van der Waals surface area contributed by atoms with Crippen LogP contribution in [0.3, 0.4) is 0 Å². The number of rotatable bonds is 2. The molecule has 0 aromatic heterocycles. The molecular formula is C10H17NO2. The molecule has 3 heteroatoms. The molecule has 0 spiro atoms. The van der Waals surface area contributed by atoms with Crippen molar-refractivity contribution in [1.82, 2.24) is 5.32 Å². The lowest BCUT2D eigenvalue weighted by Gasteiger charge is -2.17. The number of nitrogens with one attached hydrogen (secondary N) is 1. The van der Waals surface area contributed by atoms with E-state index in [1.807, 2.05) is 6.92 Å². The number of hydrogen-bond acceptors (Lipinski definition) is 3. The first-order valence-corrected chi connectivity index (χ1v) is 4.69. The largest absolute Gasteiger partial charge is 0.463 e. The molecule has 1 rings (SSSR count). The van der Waals surface area contributed by atoms with Crippen molar-refractivity contribution >= 4 is 5.97 Å². The molecular weight excluding hydrogens is 166 g/mol. The highest BCUT2D eigenvalue weighted by molar-refractivity contribution is 5.83.